The first-order valence-corrected chi connectivity index (χ1v) is 11.7. The Kier molecular flexibility index (Phi) is 7.75. The van der Waals surface area contributed by atoms with Crippen LogP contribution in [0.3, 0.4) is 0 Å². The van der Waals surface area contributed by atoms with Gasteiger partial charge in [-0.05, 0) is 88.4 Å². The Bertz CT molecular complexity index is 781. The number of carbonyl (C=O) groups excluding carboxylic acids is 1. The first kappa shape index (κ1) is 20.8. The van der Waals surface area contributed by atoms with Crippen LogP contribution in [0.4, 0.5) is 0 Å². The molecule has 4 nitrogen and oxygen atoms in total. The summed E-state index contributed by atoms with van der Waals surface area (Å²) < 4.78 is 7.85. The molecule has 1 aliphatic rings. The molecule has 0 aliphatic carbocycles. The Labute approximate surface area is 181 Å². The average Bonchev–Trinajstić information content (AvgIpc) is 3.25. The fourth-order valence-electron chi connectivity index (χ4n) is 3.25. The highest BCUT2D eigenvalue weighted by molar-refractivity contribution is 9.10. The highest BCUT2D eigenvalue weighted by Crippen LogP contribution is 2.26. The van der Waals surface area contributed by atoms with E-state index in [2.05, 4.69) is 61.1 Å². The van der Waals surface area contributed by atoms with Gasteiger partial charge in [-0.25, -0.2) is 0 Å². The van der Waals surface area contributed by atoms with Crippen LogP contribution in [-0.4, -0.2) is 43.1 Å². The van der Waals surface area contributed by atoms with Crippen molar-refractivity contribution < 1.29 is 9.53 Å². The smallest absolute Gasteiger partial charge is 0.261 e. The molecule has 3 rings (SSSR count). The third kappa shape index (κ3) is 6.04. The number of likely N-dealkylation sites (tertiary alicyclic amines) is 1. The molecule has 1 aliphatic heterocycles. The van der Waals surface area contributed by atoms with Gasteiger partial charge < -0.3 is 10.1 Å². The number of ether oxygens (including phenoxy) is 1. The molecule has 27 heavy (non-hydrogen) atoms. The van der Waals surface area contributed by atoms with Crippen LogP contribution >= 0.6 is 43.2 Å². The lowest BCUT2D eigenvalue weighted by Crippen LogP contribution is -2.31. The molecule has 1 atom stereocenters. The number of nitrogens with one attached hydrogen (secondary N) is 1. The van der Waals surface area contributed by atoms with Crippen molar-refractivity contribution in [2.24, 2.45) is 0 Å². The number of hydrogen-bond donors (Lipinski definition) is 1. The summed E-state index contributed by atoms with van der Waals surface area (Å²) in [6.07, 6.45) is 3.36. The molecule has 1 saturated heterocycles. The minimum absolute atomic E-state index is 0.0270. The van der Waals surface area contributed by atoms with E-state index in [9.17, 15) is 4.79 Å². The third-order valence-corrected chi connectivity index (χ3v) is 7.12. The van der Waals surface area contributed by atoms with E-state index >= 15 is 0 Å². The number of amides is 1. The fraction of sp³-hybridized carbons (Fsp3) is 0.450. The second-order valence-electron chi connectivity index (χ2n) is 6.78. The van der Waals surface area contributed by atoms with Crippen molar-refractivity contribution in [3.63, 3.8) is 0 Å². The minimum atomic E-state index is -0.0270. The lowest BCUT2D eigenvalue weighted by atomic mass is 10.1. The molecule has 1 amide bonds. The molecule has 1 aromatic carbocycles. The van der Waals surface area contributed by atoms with E-state index in [1.165, 1.54) is 30.7 Å². The zero-order valence-corrected chi connectivity index (χ0v) is 19.3. The summed E-state index contributed by atoms with van der Waals surface area (Å²) in [5.41, 5.74) is 1.16. The molecule has 146 valence electrons. The van der Waals surface area contributed by atoms with Crippen LogP contribution < -0.4 is 10.1 Å². The molecule has 0 radical (unpaired) electrons. The number of hydrogen-bond acceptors (Lipinski definition) is 4. The summed E-state index contributed by atoms with van der Waals surface area (Å²) in [7, 11) is 0. The molecule has 0 saturated carbocycles. The summed E-state index contributed by atoms with van der Waals surface area (Å²) in [6.45, 7) is 5.75. The number of nitrogens with zero attached hydrogens (tertiary/aromatic N) is 1. The number of rotatable bonds is 8. The van der Waals surface area contributed by atoms with Crippen LogP contribution in [0.1, 0.15) is 35.0 Å². The van der Waals surface area contributed by atoms with Crippen LogP contribution in [0.5, 0.6) is 5.75 Å². The van der Waals surface area contributed by atoms with Gasteiger partial charge in [0.1, 0.15) is 12.4 Å². The Hall–Kier alpha value is -0.890. The van der Waals surface area contributed by atoms with Gasteiger partial charge in [-0.1, -0.05) is 6.07 Å². The summed E-state index contributed by atoms with van der Waals surface area (Å²) in [5.74, 6) is 0.846. The Balaban J connectivity index is 1.43. The molecule has 7 heteroatoms. The third-order valence-electron chi connectivity index (χ3n) is 4.81. The number of thiophene rings is 1. The van der Waals surface area contributed by atoms with E-state index in [0.717, 1.165) is 38.1 Å². The van der Waals surface area contributed by atoms with Crippen molar-refractivity contribution >= 4 is 49.1 Å². The largest absolute Gasteiger partial charge is 0.491 e. The first-order valence-electron chi connectivity index (χ1n) is 9.20. The lowest BCUT2D eigenvalue weighted by molar-refractivity contribution is 0.0958. The summed E-state index contributed by atoms with van der Waals surface area (Å²) in [6, 6.07) is 8.65. The second kappa shape index (κ2) is 10.0. The van der Waals surface area contributed by atoms with Crippen LogP contribution in [-0.2, 0) is 6.42 Å². The van der Waals surface area contributed by atoms with E-state index < -0.39 is 0 Å². The van der Waals surface area contributed by atoms with Gasteiger partial charge in [-0.3, -0.25) is 9.69 Å². The Morgan fingerprint density at radius 1 is 1.37 bits per heavy atom. The average molecular weight is 516 g/mol. The SMILES string of the molecule is C[C@@H]1CCCN1CCOc1ccc(CCNC(=O)c2cc(Br)cs2)cc1Br. The second-order valence-corrected chi connectivity index (χ2v) is 9.46. The van der Waals surface area contributed by atoms with E-state index in [0.29, 0.717) is 19.2 Å². The number of halogens is 2. The maximum Gasteiger partial charge on any atom is 0.261 e. The summed E-state index contributed by atoms with van der Waals surface area (Å²) in [5, 5.41) is 4.87. The van der Waals surface area contributed by atoms with Crippen LogP contribution in [0.2, 0.25) is 0 Å². The molecule has 1 N–H and O–H groups in total. The molecule has 1 aromatic heterocycles. The van der Waals surface area contributed by atoms with E-state index in [1.54, 1.807) is 0 Å². The normalized spacial score (nSPS) is 17.2. The standard InChI is InChI=1S/C20H24Br2N2O2S/c1-14-3-2-8-24(14)9-10-26-18-5-4-15(11-17(18)22)6-7-23-20(25)19-12-16(21)13-27-19/h4-5,11-14H,2-3,6-10H2,1H3,(H,23,25)/t14-/m1/s1. The molecule has 0 unspecified atom stereocenters. The van der Waals surface area contributed by atoms with Gasteiger partial charge in [0.15, 0.2) is 0 Å². The monoisotopic (exact) mass is 514 g/mol. The van der Waals surface area contributed by atoms with E-state index in [-0.39, 0.29) is 5.91 Å². The quantitative estimate of drug-likeness (QED) is 0.531. The maximum absolute atomic E-state index is 12.1. The van der Waals surface area contributed by atoms with Gasteiger partial charge in [-0.15, -0.1) is 11.3 Å². The fourth-order valence-corrected chi connectivity index (χ4v) is 5.14. The molecule has 0 bridgehead atoms. The lowest BCUT2D eigenvalue weighted by Gasteiger charge is -2.21. The van der Waals surface area contributed by atoms with Crippen LogP contribution in [0, 0.1) is 0 Å². The zero-order valence-electron chi connectivity index (χ0n) is 15.3. The highest BCUT2D eigenvalue weighted by atomic mass is 79.9. The van der Waals surface area contributed by atoms with Crippen molar-refractivity contribution in [2.45, 2.75) is 32.2 Å². The van der Waals surface area contributed by atoms with Crippen molar-refractivity contribution in [2.75, 3.05) is 26.2 Å². The van der Waals surface area contributed by atoms with Crippen molar-refractivity contribution in [3.8, 4) is 5.75 Å². The summed E-state index contributed by atoms with van der Waals surface area (Å²) in [4.78, 5) is 15.3. The number of benzene rings is 1. The first-order chi connectivity index (χ1) is 13.0. The topological polar surface area (TPSA) is 41.6 Å². The highest BCUT2D eigenvalue weighted by Gasteiger charge is 2.19. The molecule has 0 spiro atoms. The zero-order chi connectivity index (χ0) is 19.2. The van der Waals surface area contributed by atoms with Gasteiger partial charge >= 0.3 is 0 Å². The van der Waals surface area contributed by atoms with Gasteiger partial charge in [-0.2, -0.15) is 0 Å². The van der Waals surface area contributed by atoms with Gasteiger partial charge in [0.05, 0.1) is 9.35 Å². The van der Waals surface area contributed by atoms with Crippen molar-refractivity contribution in [1.29, 1.82) is 0 Å². The van der Waals surface area contributed by atoms with Gasteiger partial charge in [0, 0.05) is 29.0 Å². The maximum atomic E-state index is 12.1. The van der Waals surface area contributed by atoms with Crippen molar-refractivity contribution in [1.82, 2.24) is 10.2 Å². The summed E-state index contributed by atoms with van der Waals surface area (Å²) >= 11 is 8.41. The van der Waals surface area contributed by atoms with E-state index in [4.69, 9.17) is 4.74 Å². The minimum Gasteiger partial charge on any atom is -0.491 e. The predicted octanol–water partition coefficient (Wildman–Crippen LogP) is 5.11. The molecule has 2 aromatic rings. The number of carbonyl (C=O) groups is 1. The molecule has 1 fully saturated rings. The Morgan fingerprint density at radius 2 is 2.22 bits per heavy atom. The van der Waals surface area contributed by atoms with E-state index in [1.807, 2.05) is 17.5 Å². The molecular weight excluding hydrogens is 492 g/mol. The predicted molar refractivity (Wildman–Crippen MR) is 118 cm³/mol. The molecular formula is C20H24Br2N2O2S. The van der Waals surface area contributed by atoms with Crippen molar-refractivity contribution in [3.05, 3.63) is 49.0 Å². The van der Waals surface area contributed by atoms with Crippen LogP contribution in [0.15, 0.2) is 38.6 Å². The molecule has 2 heterocycles. The Morgan fingerprint density at radius 3 is 2.89 bits per heavy atom. The van der Waals surface area contributed by atoms with Gasteiger partial charge in [0.25, 0.3) is 5.91 Å². The van der Waals surface area contributed by atoms with Crippen LogP contribution in [0.25, 0.3) is 0 Å². The van der Waals surface area contributed by atoms with Gasteiger partial charge in [0.2, 0.25) is 0 Å².